The Morgan fingerprint density at radius 2 is 1.82 bits per heavy atom. The Labute approximate surface area is 200 Å². The molecule has 1 saturated carbocycles. The van der Waals surface area contributed by atoms with Crippen LogP contribution < -0.4 is 5.32 Å². The lowest BCUT2D eigenvalue weighted by molar-refractivity contribution is -0.146. The molecule has 0 radical (unpaired) electrons. The van der Waals surface area contributed by atoms with Crippen LogP contribution in [0.15, 0.2) is 29.2 Å². The number of hydrogen-bond donors (Lipinski definition) is 2. The molecule has 2 heterocycles. The number of β-amino-alcohol motifs (C(OH)–C–C–N with tert-alkyl or cyclic N) is 1. The number of sulfonamides is 1. The number of carbonyl (C=O) groups excluding carboxylic acids is 1. The SMILES string of the molecule is O=C(C[C@H]1CC[C@H]2[C@@H](COC[C@H](O)CN2S(=O)(=O)c2ccc(F)cc2)O1)NCC1CCCCC1. The Hall–Kier alpha value is -1.59. The topological polar surface area (TPSA) is 105 Å². The number of nitrogens with zero attached hydrogens (tertiary/aromatic N) is 1. The summed E-state index contributed by atoms with van der Waals surface area (Å²) in [6.07, 6.45) is 5.38. The minimum absolute atomic E-state index is 0.0193. The molecule has 0 unspecified atom stereocenters. The highest BCUT2D eigenvalue weighted by Gasteiger charge is 2.43. The van der Waals surface area contributed by atoms with Crippen LogP contribution in [0, 0.1) is 11.7 Å². The van der Waals surface area contributed by atoms with E-state index in [9.17, 15) is 22.7 Å². The molecule has 8 nitrogen and oxygen atoms in total. The molecule has 10 heteroatoms. The largest absolute Gasteiger partial charge is 0.389 e. The van der Waals surface area contributed by atoms with Crippen LogP contribution in [0.25, 0.3) is 0 Å². The normalized spacial score (nSPS) is 29.6. The zero-order valence-electron chi connectivity index (χ0n) is 19.4. The van der Waals surface area contributed by atoms with Crippen molar-refractivity contribution in [2.75, 3.05) is 26.3 Å². The van der Waals surface area contributed by atoms with Gasteiger partial charge in [-0.3, -0.25) is 4.79 Å². The Morgan fingerprint density at radius 3 is 2.56 bits per heavy atom. The van der Waals surface area contributed by atoms with E-state index in [2.05, 4.69) is 5.32 Å². The van der Waals surface area contributed by atoms with Crippen LogP contribution in [0.2, 0.25) is 0 Å². The van der Waals surface area contributed by atoms with E-state index in [4.69, 9.17) is 9.47 Å². The van der Waals surface area contributed by atoms with Crippen LogP contribution in [0.3, 0.4) is 0 Å². The van der Waals surface area contributed by atoms with Gasteiger partial charge in [0, 0.05) is 13.1 Å². The summed E-state index contributed by atoms with van der Waals surface area (Å²) in [7, 11) is -3.99. The third-order valence-corrected chi connectivity index (χ3v) is 8.98. The summed E-state index contributed by atoms with van der Waals surface area (Å²) in [5, 5.41) is 13.3. The molecule has 1 aromatic carbocycles. The Morgan fingerprint density at radius 1 is 1.09 bits per heavy atom. The molecule has 2 N–H and O–H groups in total. The molecule has 0 aromatic heterocycles. The summed E-state index contributed by atoms with van der Waals surface area (Å²) < 4.78 is 53.1. The van der Waals surface area contributed by atoms with Gasteiger partial charge in [-0.1, -0.05) is 19.3 Å². The van der Waals surface area contributed by atoms with E-state index in [0.717, 1.165) is 25.0 Å². The van der Waals surface area contributed by atoms with Gasteiger partial charge in [-0.25, -0.2) is 12.8 Å². The first-order valence-corrected chi connectivity index (χ1v) is 13.7. The fraction of sp³-hybridized carbons (Fsp3) is 0.708. The monoisotopic (exact) mass is 498 g/mol. The molecule has 34 heavy (non-hydrogen) atoms. The molecule has 1 aromatic rings. The van der Waals surface area contributed by atoms with Crippen molar-refractivity contribution in [1.82, 2.24) is 9.62 Å². The quantitative estimate of drug-likeness (QED) is 0.623. The lowest BCUT2D eigenvalue weighted by Gasteiger charge is -2.43. The average molecular weight is 499 g/mol. The van der Waals surface area contributed by atoms with E-state index in [1.165, 1.54) is 35.7 Å². The van der Waals surface area contributed by atoms with Crippen molar-refractivity contribution >= 4 is 15.9 Å². The Balaban J connectivity index is 1.40. The number of hydrogen-bond acceptors (Lipinski definition) is 6. The number of fused-ring (bicyclic) bond motifs is 1. The molecule has 2 aliphatic heterocycles. The van der Waals surface area contributed by atoms with Crippen molar-refractivity contribution in [3.8, 4) is 0 Å². The smallest absolute Gasteiger partial charge is 0.243 e. The molecule has 1 amide bonds. The number of nitrogens with one attached hydrogen (secondary N) is 1. The first-order chi connectivity index (χ1) is 16.3. The van der Waals surface area contributed by atoms with Gasteiger partial charge >= 0.3 is 0 Å². The second-order valence-corrected chi connectivity index (χ2v) is 11.6. The number of aliphatic hydroxyl groups excluding tert-OH is 1. The predicted octanol–water partition coefficient (Wildman–Crippen LogP) is 2.21. The summed E-state index contributed by atoms with van der Waals surface area (Å²) in [5.74, 6) is -0.0273. The fourth-order valence-corrected chi connectivity index (χ4v) is 6.96. The first kappa shape index (κ1) is 25.5. The summed E-state index contributed by atoms with van der Waals surface area (Å²) >= 11 is 0. The van der Waals surface area contributed by atoms with Crippen molar-refractivity contribution in [1.29, 1.82) is 0 Å². The molecule has 190 valence electrons. The van der Waals surface area contributed by atoms with Crippen molar-refractivity contribution in [3.05, 3.63) is 30.1 Å². The van der Waals surface area contributed by atoms with Crippen LogP contribution in [0.1, 0.15) is 51.4 Å². The van der Waals surface area contributed by atoms with Crippen LogP contribution in [-0.2, 0) is 24.3 Å². The summed E-state index contributed by atoms with van der Waals surface area (Å²) in [5.41, 5.74) is 0. The van der Waals surface area contributed by atoms with Crippen LogP contribution in [0.5, 0.6) is 0 Å². The van der Waals surface area contributed by atoms with E-state index in [1.807, 2.05) is 0 Å². The highest BCUT2D eigenvalue weighted by Crippen LogP contribution is 2.31. The van der Waals surface area contributed by atoms with Gasteiger partial charge in [0.1, 0.15) is 5.82 Å². The lowest BCUT2D eigenvalue weighted by Crippen LogP contribution is -2.57. The summed E-state index contributed by atoms with van der Waals surface area (Å²) in [4.78, 5) is 12.5. The van der Waals surface area contributed by atoms with Gasteiger partial charge in [0.25, 0.3) is 0 Å². The molecule has 4 atom stereocenters. The Bertz CT molecular complexity index is 922. The first-order valence-electron chi connectivity index (χ1n) is 12.3. The maximum absolute atomic E-state index is 13.4. The maximum Gasteiger partial charge on any atom is 0.243 e. The molecule has 3 aliphatic rings. The summed E-state index contributed by atoms with van der Waals surface area (Å²) in [6, 6.07) is 4.11. The van der Waals surface area contributed by atoms with E-state index in [0.29, 0.717) is 25.3 Å². The maximum atomic E-state index is 13.4. The second kappa shape index (κ2) is 11.4. The standard InChI is InChI=1S/C24H35FN2O6S/c25-18-6-9-21(10-7-18)34(30,31)27-14-19(28)15-32-16-23-22(27)11-8-20(33-23)12-24(29)26-13-17-4-2-1-3-5-17/h6-7,9-10,17,19-20,22-23,28H,1-5,8,11-16H2,(H,26,29)/t19-,20-,22+,23-/m1/s1. The lowest BCUT2D eigenvalue weighted by atomic mass is 9.89. The number of aliphatic hydroxyl groups is 1. The van der Waals surface area contributed by atoms with E-state index in [1.54, 1.807) is 0 Å². The Kier molecular flexibility index (Phi) is 8.57. The van der Waals surface area contributed by atoms with Gasteiger partial charge in [0.15, 0.2) is 0 Å². The minimum atomic E-state index is -3.99. The highest BCUT2D eigenvalue weighted by atomic mass is 32.2. The zero-order chi connectivity index (χ0) is 24.1. The van der Waals surface area contributed by atoms with Crippen molar-refractivity contribution in [3.63, 3.8) is 0 Å². The molecule has 1 aliphatic carbocycles. The van der Waals surface area contributed by atoms with Gasteiger partial charge < -0.3 is 19.9 Å². The van der Waals surface area contributed by atoms with Crippen molar-refractivity contribution < 1.29 is 32.2 Å². The summed E-state index contributed by atoms with van der Waals surface area (Å²) in [6.45, 7) is 0.658. The van der Waals surface area contributed by atoms with Crippen LogP contribution in [0.4, 0.5) is 4.39 Å². The van der Waals surface area contributed by atoms with Gasteiger partial charge in [-0.05, 0) is 55.9 Å². The van der Waals surface area contributed by atoms with Gasteiger partial charge in [-0.2, -0.15) is 4.31 Å². The highest BCUT2D eigenvalue weighted by molar-refractivity contribution is 7.89. The number of benzene rings is 1. The number of halogens is 1. The van der Waals surface area contributed by atoms with E-state index < -0.39 is 34.1 Å². The van der Waals surface area contributed by atoms with Crippen molar-refractivity contribution in [2.45, 2.75) is 80.6 Å². The molecular formula is C24H35FN2O6S. The fourth-order valence-electron chi connectivity index (χ4n) is 5.24. The number of ether oxygens (including phenoxy) is 2. The molecule has 2 saturated heterocycles. The zero-order valence-corrected chi connectivity index (χ0v) is 20.2. The molecule has 0 bridgehead atoms. The molecular weight excluding hydrogens is 463 g/mol. The number of amides is 1. The van der Waals surface area contributed by atoms with E-state index in [-0.39, 0.29) is 43.1 Å². The number of carbonyl (C=O) groups is 1. The predicted molar refractivity (Wildman–Crippen MR) is 123 cm³/mol. The molecule has 0 spiro atoms. The van der Waals surface area contributed by atoms with Crippen molar-refractivity contribution in [2.24, 2.45) is 5.92 Å². The third kappa shape index (κ3) is 6.34. The van der Waals surface area contributed by atoms with Gasteiger partial charge in [0.2, 0.25) is 15.9 Å². The molecule has 4 rings (SSSR count). The van der Waals surface area contributed by atoms with Gasteiger partial charge in [0.05, 0.1) is 48.9 Å². The van der Waals surface area contributed by atoms with Crippen LogP contribution in [-0.4, -0.2) is 74.4 Å². The molecule has 3 fully saturated rings. The second-order valence-electron chi connectivity index (χ2n) is 9.67. The minimum Gasteiger partial charge on any atom is -0.389 e. The third-order valence-electron chi connectivity index (χ3n) is 7.08. The van der Waals surface area contributed by atoms with E-state index >= 15 is 0 Å². The number of rotatable bonds is 6. The van der Waals surface area contributed by atoms with Gasteiger partial charge in [-0.15, -0.1) is 0 Å². The average Bonchev–Trinajstić information content (AvgIpc) is 2.81. The van der Waals surface area contributed by atoms with Crippen LogP contribution >= 0.6 is 0 Å².